The second-order valence-electron chi connectivity index (χ2n) is 4.08. The van der Waals surface area contributed by atoms with Crippen molar-refractivity contribution in [1.29, 1.82) is 0 Å². The summed E-state index contributed by atoms with van der Waals surface area (Å²) < 4.78 is 0. The molecule has 0 aromatic carbocycles. The topological polar surface area (TPSA) is 29.0 Å². The molecule has 0 amide bonds. The molecule has 2 rings (SSSR count). The summed E-state index contributed by atoms with van der Waals surface area (Å²) in [6, 6.07) is 7.70. The van der Waals surface area contributed by atoms with Crippen molar-refractivity contribution in [3.8, 4) is 0 Å². The quantitative estimate of drug-likeness (QED) is 0.805. The first-order chi connectivity index (χ1) is 8.66. The highest BCUT2D eigenvalue weighted by Crippen LogP contribution is 2.17. The maximum atomic E-state index is 6.03. The zero-order valence-corrected chi connectivity index (χ0v) is 11.5. The maximum Gasteiger partial charge on any atom is 0.133 e. The Bertz CT molecular complexity index is 484. The molecule has 94 valence electrons. The number of hydrogen-bond acceptors (Lipinski definition) is 3. The minimum atomic E-state index is 0.543. The molecule has 0 bridgehead atoms. The van der Waals surface area contributed by atoms with Gasteiger partial charge in [-0.05, 0) is 19.2 Å². The van der Waals surface area contributed by atoms with E-state index in [2.05, 4.69) is 14.9 Å². The van der Waals surface area contributed by atoms with Gasteiger partial charge in [-0.2, -0.15) is 0 Å². The van der Waals surface area contributed by atoms with Gasteiger partial charge in [-0.25, -0.2) is 9.97 Å². The normalized spacial score (nSPS) is 10.9. The molecule has 18 heavy (non-hydrogen) atoms. The Morgan fingerprint density at radius 2 is 1.39 bits per heavy atom. The van der Waals surface area contributed by atoms with Gasteiger partial charge in [0.25, 0.3) is 0 Å². The molecule has 0 atom stereocenters. The van der Waals surface area contributed by atoms with Crippen molar-refractivity contribution < 1.29 is 0 Å². The van der Waals surface area contributed by atoms with Crippen molar-refractivity contribution >= 4 is 23.2 Å². The lowest BCUT2D eigenvalue weighted by Gasteiger charge is -2.17. The van der Waals surface area contributed by atoms with Crippen molar-refractivity contribution in [2.24, 2.45) is 0 Å². The highest BCUT2D eigenvalue weighted by atomic mass is 35.5. The van der Waals surface area contributed by atoms with Crippen molar-refractivity contribution in [2.45, 2.75) is 13.1 Å². The smallest absolute Gasteiger partial charge is 0.133 e. The van der Waals surface area contributed by atoms with Crippen LogP contribution < -0.4 is 0 Å². The first-order valence-corrected chi connectivity index (χ1v) is 6.29. The van der Waals surface area contributed by atoms with E-state index >= 15 is 0 Å². The number of aromatic nitrogens is 2. The van der Waals surface area contributed by atoms with Crippen LogP contribution in [-0.2, 0) is 13.1 Å². The average molecular weight is 282 g/mol. The lowest BCUT2D eigenvalue weighted by Crippen LogP contribution is -2.18. The predicted molar refractivity (Wildman–Crippen MR) is 73.7 cm³/mol. The predicted octanol–water partition coefficient (Wildman–Crippen LogP) is 3.42. The Kier molecular flexibility index (Phi) is 4.53. The first-order valence-electron chi connectivity index (χ1n) is 5.54. The van der Waals surface area contributed by atoms with Gasteiger partial charge in [-0.15, -0.1) is 0 Å². The SMILES string of the molecule is CN(Cc1cccnc1Cl)Cc1cccnc1Cl. The monoisotopic (exact) mass is 281 g/mol. The minimum Gasteiger partial charge on any atom is -0.298 e. The van der Waals surface area contributed by atoms with Gasteiger partial charge in [0.05, 0.1) is 0 Å². The number of rotatable bonds is 4. The van der Waals surface area contributed by atoms with E-state index in [1.54, 1.807) is 12.4 Å². The van der Waals surface area contributed by atoms with Gasteiger partial charge in [-0.1, -0.05) is 35.3 Å². The van der Waals surface area contributed by atoms with Crippen molar-refractivity contribution in [1.82, 2.24) is 14.9 Å². The highest BCUT2D eigenvalue weighted by molar-refractivity contribution is 6.30. The van der Waals surface area contributed by atoms with Gasteiger partial charge in [0.2, 0.25) is 0 Å². The molecule has 0 radical (unpaired) electrons. The summed E-state index contributed by atoms with van der Waals surface area (Å²) in [6.45, 7) is 1.44. The largest absolute Gasteiger partial charge is 0.298 e. The van der Waals surface area contributed by atoms with Gasteiger partial charge in [0.15, 0.2) is 0 Å². The van der Waals surface area contributed by atoms with Crippen LogP contribution in [0.25, 0.3) is 0 Å². The number of nitrogens with zero attached hydrogens (tertiary/aromatic N) is 3. The van der Waals surface area contributed by atoms with E-state index in [4.69, 9.17) is 23.2 Å². The third kappa shape index (κ3) is 3.42. The number of pyridine rings is 2. The zero-order valence-electron chi connectivity index (χ0n) is 9.98. The van der Waals surface area contributed by atoms with Gasteiger partial charge in [0, 0.05) is 36.6 Å². The fourth-order valence-corrected chi connectivity index (χ4v) is 2.07. The maximum absolute atomic E-state index is 6.03. The Balaban J connectivity index is 2.04. The summed E-state index contributed by atoms with van der Waals surface area (Å²) in [4.78, 5) is 10.2. The molecule has 0 unspecified atom stereocenters. The molecular weight excluding hydrogens is 269 g/mol. The van der Waals surface area contributed by atoms with E-state index in [-0.39, 0.29) is 0 Å². The molecule has 0 aliphatic rings. The first kappa shape index (κ1) is 13.3. The lowest BCUT2D eigenvalue weighted by molar-refractivity contribution is 0.318. The number of hydrogen-bond donors (Lipinski definition) is 0. The molecule has 2 heterocycles. The standard InChI is InChI=1S/C13H13Cl2N3/c1-18(8-10-4-2-6-16-12(10)14)9-11-5-3-7-17-13(11)15/h2-7H,8-9H2,1H3. The summed E-state index contributed by atoms with van der Waals surface area (Å²) in [5.41, 5.74) is 2.00. The van der Waals surface area contributed by atoms with Crippen LogP contribution in [0.1, 0.15) is 11.1 Å². The zero-order chi connectivity index (χ0) is 13.0. The van der Waals surface area contributed by atoms with Gasteiger partial charge < -0.3 is 0 Å². The molecule has 0 saturated heterocycles. The molecule has 5 heteroatoms. The summed E-state index contributed by atoms with van der Waals surface area (Å²) in [5, 5.41) is 1.09. The molecule has 0 spiro atoms. The van der Waals surface area contributed by atoms with Crippen LogP contribution in [-0.4, -0.2) is 21.9 Å². The fraction of sp³-hybridized carbons (Fsp3) is 0.231. The van der Waals surface area contributed by atoms with Crippen LogP contribution in [0.4, 0.5) is 0 Å². The van der Waals surface area contributed by atoms with Crippen LogP contribution in [0, 0.1) is 0 Å². The van der Waals surface area contributed by atoms with Crippen molar-refractivity contribution in [3.05, 3.63) is 58.1 Å². The Morgan fingerprint density at radius 3 is 1.78 bits per heavy atom. The van der Waals surface area contributed by atoms with Gasteiger partial charge >= 0.3 is 0 Å². The Labute approximate surface area is 116 Å². The summed E-state index contributed by atoms with van der Waals surface area (Å²) >= 11 is 12.1. The Hall–Kier alpha value is -1.16. The average Bonchev–Trinajstić information content (AvgIpc) is 2.35. The molecular formula is C13H13Cl2N3. The van der Waals surface area contributed by atoms with Crippen LogP contribution in [0.3, 0.4) is 0 Å². The third-order valence-electron chi connectivity index (χ3n) is 2.55. The Morgan fingerprint density at radius 1 is 0.944 bits per heavy atom. The summed E-state index contributed by atoms with van der Waals surface area (Å²) in [6.07, 6.45) is 3.37. The van der Waals surface area contributed by atoms with Crippen LogP contribution in [0.15, 0.2) is 36.7 Å². The van der Waals surface area contributed by atoms with Crippen LogP contribution in [0.2, 0.25) is 10.3 Å². The molecule has 2 aromatic heterocycles. The minimum absolute atomic E-state index is 0.543. The molecule has 2 aromatic rings. The van der Waals surface area contributed by atoms with E-state index in [1.165, 1.54) is 0 Å². The van der Waals surface area contributed by atoms with Crippen LogP contribution >= 0.6 is 23.2 Å². The molecule has 0 aliphatic heterocycles. The van der Waals surface area contributed by atoms with E-state index in [9.17, 15) is 0 Å². The summed E-state index contributed by atoms with van der Waals surface area (Å²) in [7, 11) is 2.01. The molecule has 0 N–H and O–H groups in total. The molecule has 3 nitrogen and oxygen atoms in total. The van der Waals surface area contributed by atoms with Gasteiger partial charge in [0.1, 0.15) is 10.3 Å². The van der Waals surface area contributed by atoms with Crippen LogP contribution in [0.5, 0.6) is 0 Å². The number of halogens is 2. The molecule has 0 aliphatic carbocycles. The fourth-order valence-electron chi connectivity index (χ4n) is 1.71. The summed E-state index contributed by atoms with van der Waals surface area (Å²) in [5.74, 6) is 0. The molecule has 0 saturated carbocycles. The van der Waals surface area contributed by atoms with E-state index < -0.39 is 0 Å². The second-order valence-corrected chi connectivity index (χ2v) is 4.79. The van der Waals surface area contributed by atoms with Crippen molar-refractivity contribution in [3.63, 3.8) is 0 Å². The van der Waals surface area contributed by atoms with E-state index in [1.807, 2.05) is 31.3 Å². The van der Waals surface area contributed by atoms with E-state index in [0.717, 1.165) is 24.2 Å². The van der Waals surface area contributed by atoms with Gasteiger partial charge in [-0.3, -0.25) is 4.90 Å². The van der Waals surface area contributed by atoms with Crippen molar-refractivity contribution in [2.75, 3.05) is 7.05 Å². The second kappa shape index (κ2) is 6.14. The molecule has 0 fully saturated rings. The van der Waals surface area contributed by atoms with E-state index in [0.29, 0.717) is 10.3 Å². The lowest BCUT2D eigenvalue weighted by atomic mass is 10.2. The third-order valence-corrected chi connectivity index (χ3v) is 3.23. The highest BCUT2D eigenvalue weighted by Gasteiger charge is 2.07.